The van der Waals surface area contributed by atoms with Crippen LogP contribution < -0.4 is 5.32 Å². The molecule has 2 aromatic rings. The third-order valence-electron chi connectivity index (χ3n) is 3.32. The average molecular weight is 271 g/mol. The van der Waals surface area contributed by atoms with E-state index >= 15 is 0 Å². The first-order valence-corrected chi connectivity index (χ1v) is 6.71. The molecular weight excluding hydrogens is 253 g/mol. The van der Waals surface area contributed by atoms with Crippen molar-refractivity contribution in [3.05, 3.63) is 59.2 Å². The molecule has 1 unspecified atom stereocenters. The summed E-state index contributed by atoms with van der Waals surface area (Å²) in [7, 11) is 0. The zero-order valence-electron chi connectivity index (χ0n) is 11.7. The van der Waals surface area contributed by atoms with Gasteiger partial charge in [0, 0.05) is 25.0 Å². The molecule has 0 aliphatic carbocycles. The summed E-state index contributed by atoms with van der Waals surface area (Å²) in [5.41, 5.74) is 2.40. The fourth-order valence-electron chi connectivity index (χ4n) is 2.24. The Hall–Kier alpha value is -2.12. The van der Waals surface area contributed by atoms with Crippen LogP contribution >= 0.6 is 0 Å². The van der Waals surface area contributed by atoms with Gasteiger partial charge in [-0.3, -0.25) is 0 Å². The largest absolute Gasteiger partial charge is 0.350 e. The molecule has 0 amide bonds. The van der Waals surface area contributed by atoms with E-state index in [1.54, 1.807) is 0 Å². The van der Waals surface area contributed by atoms with Crippen LogP contribution in [-0.2, 0) is 6.54 Å². The highest BCUT2D eigenvalue weighted by molar-refractivity contribution is 5.38. The minimum absolute atomic E-state index is 0.282. The Balaban J connectivity index is 2.19. The number of nitriles is 1. The summed E-state index contributed by atoms with van der Waals surface area (Å²) in [6.07, 6.45) is 3.98. The van der Waals surface area contributed by atoms with Crippen molar-refractivity contribution in [2.45, 2.75) is 26.4 Å². The standard InChI is InChI=1S/C16H18FN3/c1-3-19-12(2)14-6-7-20(10-14)11-15-8-16(17)5-4-13(15)9-18/h4-8,10,12,19H,3,11H2,1-2H3. The van der Waals surface area contributed by atoms with E-state index in [1.807, 2.05) is 23.0 Å². The molecule has 0 aliphatic heterocycles. The monoisotopic (exact) mass is 271 g/mol. The van der Waals surface area contributed by atoms with Crippen molar-refractivity contribution in [1.82, 2.24) is 9.88 Å². The predicted molar refractivity (Wildman–Crippen MR) is 76.7 cm³/mol. The molecule has 0 spiro atoms. The first-order valence-electron chi connectivity index (χ1n) is 6.71. The molecule has 0 aliphatic rings. The maximum absolute atomic E-state index is 13.3. The van der Waals surface area contributed by atoms with Gasteiger partial charge in [-0.05, 0) is 48.9 Å². The Morgan fingerprint density at radius 3 is 2.90 bits per heavy atom. The van der Waals surface area contributed by atoms with Gasteiger partial charge in [0.05, 0.1) is 11.6 Å². The van der Waals surface area contributed by atoms with E-state index in [0.717, 1.165) is 6.54 Å². The summed E-state index contributed by atoms with van der Waals surface area (Å²) in [4.78, 5) is 0. The van der Waals surface area contributed by atoms with Crippen molar-refractivity contribution in [2.75, 3.05) is 6.54 Å². The molecule has 0 fully saturated rings. The molecule has 0 saturated carbocycles. The Kier molecular flexibility index (Phi) is 4.54. The number of hydrogen-bond donors (Lipinski definition) is 1. The number of benzene rings is 1. The van der Waals surface area contributed by atoms with Gasteiger partial charge in [-0.2, -0.15) is 5.26 Å². The van der Waals surface area contributed by atoms with Crippen LogP contribution in [0.2, 0.25) is 0 Å². The van der Waals surface area contributed by atoms with E-state index in [-0.39, 0.29) is 11.9 Å². The molecule has 0 bridgehead atoms. The molecule has 4 heteroatoms. The maximum Gasteiger partial charge on any atom is 0.123 e. The third kappa shape index (κ3) is 3.25. The maximum atomic E-state index is 13.3. The van der Waals surface area contributed by atoms with Crippen molar-refractivity contribution in [2.24, 2.45) is 0 Å². The third-order valence-corrected chi connectivity index (χ3v) is 3.32. The molecule has 1 atom stereocenters. The van der Waals surface area contributed by atoms with Crippen LogP contribution in [0.25, 0.3) is 0 Å². The van der Waals surface area contributed by atoms with Crippen LogP contribution in [0.5, 0.6) is 0 Å². The minimum atomic E-state index is -0.313. The van der Waals surface area contributed by atoms with Gasteiger partial charge >= 0.3 is 0 Å². The van der Waals surface area contributed by atoms with Gasteiger partial charge in [0.25, 0.3) is 0 Å². The average Bonchev–Trinajstić information content (AvgIpc) is 2.88. The van der Waals surface area contributed by atoms with E-state index in [9.17, 15) is 4.39 Å². The normalized spacial score (nSPS) is 12.1. The summed E-state index contributed by atoms with van der Waals surface area (Å²) in [5.74, 6) is -0.313. The molecular formula is C16H18FN3. The van der Waals surface area contributed by atoms with Crippen molar-refractivity contribution in [1.29, 1.82) is 5.26 Å². The van der Waals surface area contributed by atoms with E-state index < -0.39 is 0 Å². The zero-order chi connectivity index (χ0) is 14.5. The molecule has 0 saturated heterocycles. The summed E-state index contributed by atoms with van der Waals surface area (Å²) < 4.78 is 15.3. The van der Waals surface area contributed by atoms with Crippen LogP contribution in [-0.4, -0.2) is 11.1 Å². The predicted octanol–water partition coefficient (Wildman–Crippen LogP) is 3.22. The summed E-state index contributed by atoms with van der Waals surface area (Å²) in [6.45, 7) is 5.58. The second-order valence-electron chi connectivity index (χ2n) is 4.81. The van der Waals surface area contributed by atoms with Crippen LogP contribution in [0.15, 0.2) is 36.7 Å². The number of nitrogens with one attached hydrogen (secondary N) is 1. The molecule has 0 radical (unpaired) electrons. The van der Waals surface area contributed by atoms with Gasteiger partial charge in [-0.25, -0.2) is 4.39 Å². The van der Waals surface area contributed by atoms with E-state index in [2.05, 4.69) is 25.2 Å². The second-order valence-corrected chi connectivity index (χ2v) is 4.81. The number of rotatable bonds is 5. The SMILES string of the molecule is CCNC(C)c1ccn(Cc2cc(F)ccc2C#N)c1. The Bertz CT molecular complexity index is 625. The van der Waals surface area contributed by atoms with Crippen LogP contribution in [0, 0.1) is 17.1 Å². The first kappa shape index (κ1) is 14.3. The topological polar surface area (TPSA) is 40.8 Å². The van der Waals surface area contributed by atoms with Gasteiger partial charge < -0.3 is 9.88 Å². The Morgan fingerprint density at radius 1 is 1.40 bits per heavy atom. The molecule has 1 N–H and O–H groups in total. The highest BCUT2D eigenvalue weighted by Crippen LogP contribution is 2.16. The lowest BCUT2D eigenvalue weighted by Crippen LogP contribution is -2.17. The number of halogens is 1. The van der Waals surface area contributed by atoms with Gasteiger partial charge in [0.15, 0.2) is 0 Å². The quantitative estimate of drug-likeness (QED) is 0.907. The van der Waals surface area contributed by atoms with Crippen LogP contribution in [0.1, 0.15) is 36.6 Å². The van der Waals surface area contributed by atoms with Gasteiger partial charge in [-0.1, -0.05) is 6.92 Å². The van der Waals surface area contributed by atoms with Gasteiger partial charge in [0.1, 0.15) is 5.82 Å². The second kappa shape index (κ2) is 6.36. The molecule has 1 heterocycles. The zero-order valence-corrected chi connectivity index (χ0v) is 11.7. The minimum Gasteiger partial charge on any atom is -0.350 e. The van der Waals surface area contributed by atoms with Crippen LogP contribution in [0.4, 0.5) is 4.39 Å². The lowest BCUT2D eigenvalue weighted by atomic mass is 10.1. The lowest BCUT2D eigenvalue weighted by molar-refractivity contribution is 0.596. The number of hydrogen-bond acceptors (Lipinski definition) is 2. The molecule has 104 valence electrons. The highest BCUT2D eigenvalue weighted by Gasteiger charge is 2.08. The Labute approximate surface area is 118 Å². The van der Waals surface area contributed by atoms with E-state index in [4.69, 9.17) is 5.26 Å². The van der Waals surface area contributed by atoms with E-state index in [1.165, 1.54) is 23.8 Å². The first-order chi connectivity index (χ1) is 9.63. The number of nitrogens with zero attached hydrogens (tertiary/aromatic N) is 2. The fourth-order valence-corrected chi connectivity index (χ4v) is 2.24. The molecule has 1 aromatic heterocycles. The molecule has 2 rings (SSSR count). The van der Waals surface area contributed by atoms with Gasteiger partial charge in [-0.15, -0.1) is 0 Å². The lowest BCUT2D eigenvalue weighted by Gasteiger charge is -2.10. The molecule has 3 nitrogen and oxygen atoms in total. The molecule has 20 heavy (non-hydrogen) atoms. The van der Waals surface area contributed by atoms with Gasteiger partial charge in [0.2, 0.25) is 0 Å². The summed E-state index contributed by atoms with van der Waals surface area (Å²) >= 11 is 0. The van der Waals surface area contributed by atoms with Crippen molar-refractivity contribution < 1.29 is 4.39 Å². The van der Waals surface area contributed by atoms with E-state index in [0.29, 0.717) is 17.7 Å². The summed E-state index contributed by atoms with van der Waals surface area (Å²) in [5, 5.41) is 12.4. The van der Waals surface area contributed by atoms with Crippen molar-refractivity contribution in [3.8, 4) is 6.07 Å². The molecule has 1 aromatic carbocycles. The van der Waals surface area contributed by atoms with Crippen LogP contribution in [0.3, 0.4) is 0 Å². The fraction of sp³-hybridized carbons (Fsp3) is 0.312. The smallest absolute Gasteiger partial charge is 0.123 e. The summed E-state index contributed by atoms with van der Waals surface area (Å²) in [6, 6.07) is 8.69. The number of aromatic nitrogens is 1. The highest BCUT2D eigenvalue weighted by atomic mass is 19.1. The van der Waals surface area contributed by atoms with Crippen molar-refractivity contribution in [3.63, 3.8) is 0 Å². The Morgan fingerprint density at radius 2 is 2.20 bits per heavy atom. The van der Waals surface area contributed by atoms with Crippen molar-refractivity contribution >= 4 is 0 Å².